The average molecular weight is 590 g/mol. The molecule has 1 saturated heterocycles. The van der Waals surface area contributed by atoms with Crippen molar-refractivity contribution in [2.45, 2.75) is 4.90 Å². The van der Waals surface area contributed by atoms with E-state index >= 15 is 0 Å². The van der Waals surface area contributed by atoms with Gasteiger partial charge < -0.3 is 28.7 Å². The Hall–Kier alpha value is -3.83. The van der Waals surface area contributed by atoms with Crippen LogP contribution < -0.4 is 28.2 Å². The fourth-order valence-electron chi connectivity index (χ4n) is 4.49. The minimum absolute atomic E-state index is 0.0793. The van der Waals surface area contributed by atoms with E-state index < -0.39 is 16.6 Å². The van der Waals surface area contributed by atoms with Crippen LogP contribution in [0.2, 0.25) is 5.02 Å². The van der Waals surface area contributed by atoms with Crippen LogP contribution in [0.15, 0.2) is 65.6 Å². The first kappa shape index (κ1) is 29.2. The van der Waals surface area contributed by atoms with E-state index in [1.54, 1.807) is 24.1 Å². The summed E-state index contributed by atoms with van der Waals surface area (Å²) < 4.78 is 50.3. The van der Waals surface area contributed by atoms with Gasteiger partial charge in [-0.3, -0.25) is 9.10 Å². The topological polar surface area (TPSA) is 97.9 Å². The van der Waals surface area contributed by atoms with Gasteiger partial charge in [-0.15, -0.1) is 0 Å². The lowest BCUT2D eigenvalue weighted by Gasteiger charge is -2.37. The average Bonchev–Trinajstić information content (AvgIpc) is 2.99. The second-order valence-corrected chi connectivity index (χ2v) is 11.2. The van der Waals surface area contributed by atoms with Crippen molar-refractivity contribution in [3.8, 4) is 23.0 Å². The normalized spacial score (nSPS) is 13.5. The Labute approximate surface area is 239 Å². The quantitative estimate of drug-likeness (QED) is 0.351. The molecule has 12 heteroatoms. The number of ether oxygens (including phenoxy) is 4. The van der Waals surface area contributed by atoms with Crippen molar-refractivity contribution in [1.29, 1.82) is 0 Å². The minimum atomic E-state index is -4.27. The van der Waals surface area contributed by atoms with Crippen molar-refractivity contribution in [3.63, 3.8) is 0 Å². The maximum absolute atomic E-state index is 14.0. The number of rotatable bonds is 10. The number of carbonyl (C=O) groups excluding carboxylic acids is 1. The fourth-order valence-corrected chi connectivity index (χ4v) is 6.09. The van der Waals surface area contributed by atoms with E-state index in [9.17, 15) is 13.2 Å². The standard InChI is InChI=1S/C28H32ClN3O7S/c1-36-22-8-6-21(7-9-22)30-13-15-31(16-14-30)28(33)19-32(24-17-20(29)5-11-25(24)37-2)40(34,35)23-10-12-26(38-3)27(18-23)39-4/h5-12,17-18H,13-16,19H2,1-4H3. The SMILES string of the molecule is COc1ccc(N2CCN(C(=O)CN(c3cc(Cl)ccc3OC)S(=O)(=O)c3ccc(OC)c(OC)c3)CC2)cc1. The monoisotopic (exact) mass is 589 g/mol. The smallest absolute Gasteiger partial charge is 0.265 e. The number of benzene rings is 3. The van der Waals surface area contributed by atoms with E-state index in [0.29, 0.717) is 37.0 Å². The van der Waals surface area contributed by atoms with Crippen LogP contribution in [-0.4, -0.2) is 80.4 Å². The third kappa shape index (κ3) is 6.15. The molecule has 1 heterocycles. The summed E-state index contributed by atoms with van der Waals surface area (Å²) in [5.74, 6) is 1.29. The van der Waals surface area contributed by atoms with E-state index in [1.807, 2.05) is 24.3 Å². The first-order valence-electron chi connectivity index (χ1n) is 12.5. The summed E-state index contributed by atoms with van der Waals surface area (Å²) in [7, 11) is 1.66. The van der Waals surface area contributed by atoms with E-state index in [-0.39, 0.29) is 28.0 Å². The van der Waals surface area contributed by atoms with Gasteiger partial charge in [0.2, 0.25) is 5.91 Å². The summed E-state index contributed by atoms with van der Waals surface area (Å²) in [4.78, 5) is 17.3. The maximum Gasteiger partial charge on any atom is 0.265 e. The Morgan fingerprint density at radius 1 is 0.800 bits per heavy atom. The molecule has 4 rings (SSSR count). The highest BCUT2D eigenvalue weighted by atomic mass is 35.5. The Kier molecular flexibility index (Phi) is 9.16. The first-order valence-corrected chi connectivity index (χ1v) is 14.3. The number of halogens is 1. The van der Waals surface area contributed by atoms with Crippen LogP contribution >= 0.6 is 11.6 Å². The number of hydrogen-bond donors (Lipinski definition) is 0. The number of sulfonamides is 1. The number of piperazine rings is 1. The lowest BCUT2D eigenvalue weighted by atomic mass is 10.2. The predicted octanol–water partition coefficient (Wildman–Crippen LogP) is 3.92. The molecule has 0 spiro atoms. The molecule has 3 aromatic carbocycles. The van der Waals surface area contributed by atoms with Gasteiger partial charge in [0.1, 0.15) is 18.0 Å². The molecule has 3 aromatic rings. The molecular weight excluding hydrogens is 558 g/mol. The molecule has 1 aliphatic heterocycles. The third-order valence-corrected chi connectivity index (χ3v) is 8.69. The van der Waals surface area contributed by atoms with E-state index in [2.05, 4.69) is 4.90 Å². The number of nitrogens with zero attached hydrogens (tertiary/aromatic N) is 3. The highest BCUT2D eigenvalue weighted by molar-refractivity contribution is 7.92. The third-order valence-electron chi connectivity index (χ3n) is 6.70. The second-order valence-electron chi connectivity index (χ2n) is 8.91. The van der Waals surface area contributed by atoms with Crippen molar-refractivity contribution in [3.05, 3.63) is 65.7 Å². The van der Waals surface area contributed by atoms with Crippen molar-refractivity contribution in [1.82, 2.24) is 4.90 Å². The summed E-state index contributed by atoms with van der Waals surface area (Å²) in [6, 6.07) is 16.6. The molecule has 0 bridgehead atoms. The van der Waals surface area contributed by atoms with Gasteiger partial charge in [0.15, 0.2) is 11.5 Å². The summed E-state index contributed by atoms with van der Waals surface area (Å²) in [6.07, 6.45) is 0. The molecule has 0 atom stereocenters. The zero-order chi connectivity index (χ0) is 28.9. The summed E-state index contributed by atoms with van der Waals surface area (Å²) >= 11 is 6.26. The van der Waals surface area contributed by atoms with Crippen molar-refractivity contribution in [2.24, 2.45) is 0 Å². The fraction of sp³-hybridized carbons (Fsp3) is 0.321. The Bertz CT molecular complexity index is 1440. The van der Waals surface area contributed by atoms with E-state index in [1.165, 1.54) is 45.6 Å². The van der Waals surface area contributed by atoms with Gasteiger partial charge in [0.05, 0.1) is 39.0 Å². The molecule has 10 nitrogen and oxygen atoms in total. The van der Waals surface area contributed by atoms with Crippen LogP contribution in [0.1, 0.15) is 0 Å². The van der Waals surface area contributed by atoms with Crippen LogP contribution in [-0.2, 0) is 14.8 Å². The van der Waals surface area contributed by atoms with Crippen molar-refractivity contribution < 1.29 is 32.2 Å². The maximum atomic E-state index is 14.0. The summed E-state index contributed by atoms with van der Waals surface area (Å²) in [5.41, 5.74) is 1.17. The van der Waals surface area contributed by atoms with Crippen LogP contribution in [0, 0.1) is 0 Å². The molecule has 0 aliphatic carbocycles. The van der Waals surface area contributed by atoms with Gasteiger partial charge in [-0.2, -0.15) is 0 Å². The minimum Gasteiger partial charge on any atom is -0.497 e. The second kappa shape index (κ2) is 12.6. The number of carbonyl (C=O) groups is 1. The number of hydrogen-bond acceptors (Lipinski definition) is 8. The molecule has 1 fully saturated rings. The van der Waals surface area contributed by atoms with Crippen LogP contribution in [0.5, 0.6) is 23.0 Å². The zero-order valence-electron chi connectivity index (χ0n) is 22.8. The zero-order valence-corrected chi connectivity index (χ0v) is 24.4. The van der Waals surface area contributed by atoms with Crippen molar-refractivity contribution in [2.75, 3.05) is 70.4 Å². The predicted molar refractivity (Wildman–Crippen MR) is 154 cm³/mol. The molecule has 1 aliphatic rings. The van der Waals surface area contributed by atoms with E-state index in [4.69, 9.17) is 30.5 Å². The molecule has 40 heavy (non-hydrogen) atoms. The first-order chi connectivity index (χ1) is 19.2. The van der Waals surface area contributed by atoms with Gasteiger partial charge in [-0.25, -0.2) is 8.42 Å². The molecular formula is C28H32ClN3O7S. The molecule has 0 saturated carbocycles. The van der Waals surface area contributed by atoms with Gasteiger partial charge in [-0.05, 0) is 54.6 Å². The molecule has 0 radical (unpaired) electrons. The van der Waals surface area contributed by atoms with Crippen LogP contribution in [0.3, 0.4) is 0 Å². The molecule has 1 amide bonds. The highest BCUT2D eigenvalue weighted by Gasteiger charge is 2.33. The molecule has 0 aromatic heterocycles. The molecule has 0 unspecified atom stereocenters. The summed E-state index contributed by atoms with van der Waals surface area (Å²) in [5, 5.41) is 0.295. The Morgan fingerprint density at radius 2 is 1.43 bits per heavy atom. The number of methoxy groups -OCH3 is 4. The number of anilines is 2. The van der Waals surface area contributed by atoms with Crippen LogP contribution in [0.25, 0.3) is 0 Å². The van der Waals surface area contributed by atoms with Gasteiger partial charge in [-0.1, -0.05) is 11.6 Å². The lowest BCUT2D eigenvalue weighted by Crippen LogP contribution is -2.52. The van der Waals surface area contributed by atoms with Crippen molar-refractivity contribution >= 4 is 38.9 Å². The Balaban J connectivity index is 1.61. The largest absolute Gasteiger partial charge is 0.497 e. The molecule has 214 valence electrons. The van der Waals surface area contributed by atoms with Crippen LogP contribution in [0.4, 0.5) is 11.4 Å². The van der Waals surface area contributed by atoms with Gasteiger partial charge in [0, 0.05) is 43.0 Å². The summed E-state index contributed by atoms with van der Waals surface area (Å²) in [6.45, 7) is 1.61. The molecule has 0 N–H and O–H groups in total. The van der Waals surface area contributed by atoms with E-state index in [0.717, 1.165) is 15.7 Å². The highest BCUT2D eigenvalue weighted by Crippen LogP contribution is 2.37. The van der Waals surface area contributed by atoms with Gasteiger partial charge in [0.25, 0.3) is 10.0 Å². The Morgan fingerprint density at radius 3 is 2.02 bits per heavy atom. The number of amides is 1. The lowest BCUT2D eigenvalue weighted by molar-refractivity contribution is -0.129. The van der Waals surface area contributed by atoms with Gasteiger partial charge >= 0.3 is 0 Å².